The van der Waals surface area contributed by atoms with Crippen molar-refractivity contribution in [2.75, 3.05) is 53.0 Å². The number of ether oxygens (including phenoxy) is 2. The van der Waals surface area contributed by atoms with Crippen LogP contribution in [0.2, 0.25) is 0 Å². The highest BCUT2D eigenvalue weighted by atomic mass is 127. The topological polar surface area (TPSA) is 58.1 Å². The van der Waals surface area contributed by atoms with Crippen LogP contribution in [0.1, 0.15) is 44.7 Å². The third-order valence-corrected chi connectivity index (χ3v) is 4.61. The molecule has 1 aromatic carbocycles. The minimum Gasteiger partial charge on any atom is -0.491 e. The van der Waals surface area contributed by atoms with Gasteiger partial charge in [0, 0.05) is 25.8 Å². The summed E-state index contributed by atoms with van der Waals surface area (Å²) in [6.07, 6.45) is 2.33. The molecule has 7 heteroatoms. The van der Waals surface area contributed by atoms with Gasteiger partial charge in [0.1, 0.15) is 12.4 Å². The van der Waals surface area contributed by atoms with E-state index in [-0.39, 0.29) is 24.0 Å². The first-order chi connectivity index (χ1) is 13.6. The van der Waals surface area contributed by atoms with Gasteiger partial charge in [-0.15, -0.1) is 24.0 Å². The van der Waals surface area contributed by atoms with E-state index in [1.807, 2.05) is 0 Å². The molecule has 168 valence electrons. The van der Waals surface area contributed by atoms with Crippen molar-refractivity contribution in [3.05, 3.63) is 29.3 Å². The molecule has 0 fully saturated rings. The lowest BCUT2D eigenvalue weighted by Crippen LogP contribution is -2.38. The highest BCUT2D eigenvalue weighted by molar-refractivity contribution is 14.0. The average molecular weight is 521 g/mol. The second kappa shape index (κ2) is 17.8. The molecule has 0 spiro atoms. The molecule has 1 aromatic rings. The van der Waals surface area contributed by atoms with Gasteiger partial charge >= 0.3 is 0 Å². The molecule has 0 aliphatic carbocycles. The first-order valence-corrected chi connectivity index (χ1v) is 10.6. The molecule has 0 radical (unpaired) electrons. The summed E-state index contributed by atoms with van der Waals surface area (Å²) in [5.74, 6) is 1.74. The lowest BCUT2D eigenvalue weighted by Gasteiger charge is -2.18. The van der Waals surface area contributed by atoms with Crippen LogP contribution < -0.4 is 15.4 Å². The Morgan fingerprint density at radius 1 is 1.07 bits per heavy atom. The van der Waals surface area contributed by atoms with Crippen LogP contribution in [0.4, 0.5) is 0 Å². The molecule has 1 rings (SSSR count). The smallest absolute Gasteiger partial charge is 0.191 e. The Morgan fingerprint density at radius 3 is 2.48 bits per heavy atom. The number of hydrogen-bond acceptors (Lipinski definition) is 4. The Balaban J connectivity index is 0.00000784. The third-order valence-electron chi connectivity index (χ3n) is 4.61. The predicted octanol–water partition coefficient (Wildman–Crippen LogP) is 3.82. The average Bonchev–Trinajstić information content (AvgIpc) is 2.70. The van der Waals surface area contributed by atoms with Gasteiger partial charge in [-0.05, 0) is 58.0 Å². The zero-order valence-corrected chi connectivity index (χ0v) is 21.3. The quantitative estimate of drug-likeness (QED) is 0.169. The number of hydrogen-bond donors (Lipinski definition) is 2. The normalized spacial score (nSPS) is 11.3. The molecule has 0 saturated heterocycles. The summed E-state index contributed by atoms with van der Waals surface area (Å²) >= 11 is 0. The van der Waals surface area contributed by atoms with Crippen LogP contribution in [-0.4, -0.2) is 63.9 Å². The fourth-order valence-electron chi connectivity index (χ4n) is 2.87. The molecule has 0 aliphatic heterocycles. The van der Waals surface area contributed by atoms with Crippen LogP contribution in [0, 0.1) is 6.92 Å². The van der Waals surface area contributed by atoms with Crippen LogP contribution in [0.25, 0.3) is 0 Å². The molecule has 0 atom stereocenters. The van der Waals surface area contributed by atoms with E-state index in [9.17, 15) is 0 Å². The number of aryl methyl sites for hydroxylation is 1. The number of nitrogens with one attached hydrogen (secondary N) is 2. The third kappa shape index (κ3) is 12.3. The van der Waals surface area contributed by atoms with Crippen molar-refractivity contribution < 1.29 is 9.47 Å². The van der Waals surface area contributed by atoms with Crippen LogP contribution in [0.5, 0.6) is 5.75 Å². The summed E-state index contributed by atoms with van der Waals surface area (Å²) < 4.78 is 10.9. The molecule has 0 unspecified atom stereocenters. The number of halogens is 1. The van der Waals surface area contributed by atoms with Crippen molar-refractivity contribution in [3.8, 4) is 5.75 Å². The van der Waals surface area contributed by atoms with E-state index < -0.39 is 0 Å². The highest BCUT2D eigenvalue weighted by Crippen LogP contribution is 2.21. The number of guanidine groups is 1. The van der Waals surface area contributed by atoms with Gasteiger partial charge in [-0.1, -0.05) is 26.0 Å². The standard InChI is InChI=1S/C22H40N4O2.HI/c1-6-23-22(24-13-9-10-14-26(7-2)8-3)25-18-20-12-11-19(4)17-21(20)28-16-15-27-5;/h11-12,17H,6-10,13-16,18H2,1-5H3,(H2,23,24,25);1H. The van der Waals surface area contributed by atoms with Crippen LogP contribution in [0.15, 0.2) is 23.2 Å². The fraction of sp³-hybridized carbons (Fsp3) is 0.682. The van der Waals surface area contributed by atoms with Gasteiger partial charge in [0.2, 0.25) is 0 Å². The van der Waals surface area contributed by atoms with E-state index in [2.05, 4.69) is 61.4 Å². The summed E-state index contributed by atoms with van der Waals surface area (Å²) in [5.41, 5.74) is 2.26. The van der Waals surface area contributed by atoms with Gasteiger partial charge in [-0.3, -0.25) is 0 Å². The summed E-state index contributed by atoms with van der Waals surface area (Å²) in [5, 5.41) is 6.77. The van der Waals surface area contributed by atoms with Crippen molar-refractivity contribution >= 4 is 29.9 Å². The molecular formula is C22H41IN4O2. The number of nitrogens with zero attached hydrogens (tertiary/aromatic N) is 2. The molecule has 6 nitrogen and oxygen atoms in total. The van der Waals surface area contributed by atoms with Crippen molar-refractivity contribution in [3.63, 3.8) is 0 Å². The molecule has 0 heterocycles. The zero-order valence-electron chi connectivity index (χ0n) is 18.9. The van der Waals surface area contributed by atoms with E-state index in [1.165, 1.54) is 12.0 Å². The molecule has 29 heavy (non-hydrogen) atoms. The number of rotatable bonds is 14. The SMILES string of the molecule is CCNC(=NCc1ccc(C)cc1OCCOC)NCCCCN(CC)CC.I. The minimum atomic E-state index is 0. The van der Waals surface area contributed by atoms with Crippen LogP contribution >= 0.6 is 24.0 Å². The van der Waals surface area contributed by atoms with Gasteiger partial charge in [0.25, 0.3) is 0 Å². The summed E-state index contributed by atoms with van der Waals surface area (Å²) in [4.78, 5) is 7.20. The Morgan fingerprint density at radius 2 is 1.83 bits per heavy atom. The number of unbranched alkanes of at least 4 members (excludes halogenated alkanes) is 1. The summed E-state index contributed by atoms with van der Waals surface area (Å²) in [7, 11) is 1.68. The van der Waals surface area contributed by atoms with E-state index in [0.29, 0.717) is 19.8 Å². The summed E-state index contributed by atoms with van der Waals surface area (Å²) in [6.45, 7) is 15.5. The monoisotopic (exact) mass is 520 g/mol. The molecule has 2 N–H and O–H groups in total. The highest BCUT2D eigenvalue weighted by Gasteiger charge is 2.05. The summed E-state index contributed by atoms with van der Waals surface area (Å²) in [6, 6.07) is 6.25. The van der Waals surface area contributed by atoms with Gasteiger partial charge in [-0.25, -0.2) is 4.99 Å². The second-order valence-corrected chi connectivity index (χ2v) is 6.81. The van der Waals surface area contributed by atoms with Crippen molar-refractivity contribution in [1.82, 2.24) is 15.5 Å². The Labute approximate surface area is 194 Å². The fourth-order valence-corrected chi connectivity index (χ4v) is 2.87. The van der Waals surface area contributed by atoms with Gasteiger partial charge in [0.05, 0.1) is 13.2 Å². The number of aliphatic imine (C=N–C) groups is 1. The Hall–Kier alpha value is -1.06. The maximum Gasteiger partial charge on any atom is 0.191 e. The Kier molecular flexibility index (Phi) is 17.1. The maximum atomic E-state index is 5.87. The van der Waals surface area contributed by atoms with Crippen molar-refractivity contribution in [2.45, 2.75) is 47.1 Å². The molecule has 0 saturated carbocycles. The first kappa shape index (κ1) is 27.9. The largest absolute Gasteiger partial charge is 0.491 e. The van der Waals surface area contributed by atoms with Crippen LogP contribution in [-0.2, 0) is 11.3 Å². The predicted molar refractivity (Wildman–Crippen MR) is 134 cm³/mol. The van der Waals surface area contributed by atoms with E-state index in [4.69, 9.17) is 14.5 Å². The number of benzene rings is 1. The molecular weight excluding hydrogens is 479 g/mol. The van der Waals surface area contributed by atoms with Gasteiger partial charge in [-0.2, -0.15) is 0 Å². The van der Waals surface area contributed by atoms with E-state index in [1.54, 1.807) is 7.11 Å². The van der Waals surface area contributed by atoms with Crippen LogP contribution in [0.3, 0.4) is 0 Å². The van der Waals surface area contributed by atoms with E-state index in [0.717, 1.165) is 56.4 Å². The van der Waals surface area contributed by atoms with Gasteiger partial charge in [0.15, 0.2) is 5.96 Å². The molecule has 0 bridgehead atoms. The maximum absolute atomic E-state index is 5.87. The first-order valence-electron chi connectivity index (χ1n) is 10.6. The molecule has 0 aromatic heterocycles. The van der Waals surface area contributed by atoms with Crippen molar-refractivity contribution in [2.24, 2.45) is 4.99 Å². The number of methoxy groups -OCH3 is 1. The van der Waals surface area contributed by atoms with Gasteiger partial charge < -0.3 is 25.0 Å². The minimum absolute atomic E-state index is 0. The molecule has 0 amide bonds. The second-order valence-electron chi connectivity index (χ2n) is 6.81. The lowest BCUT2D eigenvalue weighted by molar-refractivity contribution is 0.145. The van der Waals surface area contributed by atoms with Crippen molar-refractivity contribution in [1.29, 1.82) is 0 Å². The van der Waals surface area contributed by atoms with E-state index >= 15 is 0 Å². The Bertz CT molecular complexity index is 566. The zero-order chi connectivity index (χ0) is 20.6. The lowest BCUT2D eigenvalue weighted by atomic mass is 10.1. The molecule has 0 aliphatic rings.